The van der Waals surface area contributed by atoms with E-state index < -0.39 is 22.8 Å². The fourth-order valence-corrected chi connectivity index (χ4v) is 4.14. The van der Waals surface area contributed by atoms with Gasteiger partial charge in [-0.15, -0.1) is 0 Å². The predicted molar refractivity (Wildman–Crippen MR) is 130 cm³/mol. The van der Waals surface area contributed by atoms with Gasteiger partial charge < -0.3 is 4.57 Å². The fourth-order valence-electron chi connectivity index (χ4n) is 3.89. The summed E-state index contributed by atoms with van der Waals surface area (Å²) in [6.45, 7) is 5.42. The summed E-state index contributed by atoms with van der Waals surface area (Å²) in [6.07, 6.45) is 1.43. The van der Waals surface area contributed by atoms with Gasteiger partial charge in [-0.3, -0.25) is 25.0 Å². The number of anilines is 1. The molecule has 10 heteroatoms. The molecule has 3 aromatic rings. The van der Waals surface area contributed by atoms with Crippen LogP contribution in [-0.4, -0.2) is 27.3 Å². The van der Waals surface area contributed by atoms with E-state index in [1.54, 1.807) is 47.9 Å². The van der Waals surface area contributed by atoms with Crippen molar-refractivity contribution in [2.24, 2.45) is 0 Å². The number of nitrogens with zero attached hydrogens (tertiary/aromatic N) is 3. The second-order valence-corrected chi connectivity index (χ2v) is 8.68. The number of aryl methyl sites for hydroxylation is 2. The molecule has 0 saturated carbocycles. The van der Waals surface area contributed by atoms with Crippen LogP contribution in [-0.2, 0) is 9.59 Å². The minimum absolute atomic E-state index is 0.0503. The number of rotatable bonds is 4. The molecular weight excluding hydrogens is 504 g/mol. The van der Waals surface area contributed by atoms with E-state index in [9.17, 15) is 24.5 Å². The predicted octanol–water partition coefficient (Wildman–Crippen LogP) is 4.74. The van der Waals surface area contributed by atoms with Crippen molar-refractivity contribution in [3.63, 3.8) is 0 Å². The smallest absolute Gasteiger partial charge is 0.318 e. The van der Waals surface area contributed by atoms with Crippen molar-refractivity contribution in [3.05, 3.63) is 91.2 Å². The van der Waals surface area contributed by atoms with Crippen LogP contribution < -0.4 is 10.2 Å². The molecule has 0 radical (unpaired) electrons. The van der Waals surface area contributed by atoms with Crippen molar-refractivity contribution >= 4 is 51.2 Å². The molecule has 0 bridgehead atoms. The average molecular weight is 523 g/mol. The number of amides is 4. The number of hydrogen-bond acceptors (Lipinski definition) is 5. The van der Waals surface area contributed by atoms with E-state index in [4.69, 9.17) is 0 Å². The van der Waals surface area contributed by atoms with E-state index in [0.29, 0.717) is 22.6 Å². The first-order valence-electron chi connectivity index (χ1n) is 10.2. The van der Waals surface area contributed by atoms with Gasteiger partial charge >= 0.3 is 6.03 Å². The van der Waals surface area contributed by atoms with Gasteiger partial charge in [-0.05, 0) is 68.3 Å². The Hall–Kier alpha value is -4.05. The first kappa shape index (κ1) is 23.1. The third kappa shape index (κ3) is 4.03. The van der Waals surface area contributed by atoms with E-state index in [-0.39, 0.29) is 11.3 Å². The number of nitro benzene ring substituents is 1. The van der Waals surface area contributed by atoms with Crippen LogP contribution in [0, 0.1) is 30.9 Å². The minimum atomic E-state index is -0.823. The number of benzene rings is 2. The molecular formula is C24H19BrN4O5. The molecule has 1 saturated heterocycles. The molecule has 0 unspecified atom stereocenters. The summed E-state index contributed by atoms with van der Waals surface area (Å²) in [5.41, 5.74) is 3.49. The van der Waals surface area contributed by atoms with Gasteiger partial charge in [0, 0.05) is 28.0 Å². The van der Waals surface area contributed by atoms with Crippen LogP contribution in [0.3, 0.4) is 0 Å². The lowest BCUT2D eigenvalue weighted by atomic mass is 10.1. The van der Waals surface area contributed by atoms with Gasteiger partial charge in [0.05, 0.1) is 16.3 Å². The highest BCUT2D eigenvalue weighted by atomic mass is 79.9. The second kappa shape index (κ2) is 8.71. The summed E-state index contributed by atoms with van der Waals surface area (Å²) in [6, 6.07) is 12.1. The summed E-state index contributed by atoms with van der Waals surface area (Å²) >= 11 is 3.39. The van der Waals surface area contributed by atoms with Crippen LogP contribution >= 0.6 is 15.9 Å². The van der Waals surface area contributed by atoms with Crippen molar-refractivity contribution in [3.8, 4) is 5.69 Å². The maximum absolute atomic E-state index is 13.2. The van der Waals surface area contributed by atoms with E-state index in [1.165, 1.54) is 18.2 Å². The van der Waals surface area contributed by atoms with Gasteiger partial charge in [0.1, 0.15) is 5.57 Å². The molecule has 9 nitrogen and oxygen atoms in total. The van der Waals surface area contributed by atoms with E-state index in [0.717, 1.165) is 20.6 Å². The normalized spacial score (nSPS) is 15.1. The zero-order chi connectivity index (χ0) is 24.7. The zero-order valence-corrected chi connectivity index (χ0v) is 20.0. The highest BCUT2D eigenvalue weighted by molar-refractivity contribution is 9.10. The molecule has 1 fully saturated rings. The lowest BCUT2D eigenvalue weighted by Gasteiger charge is -2.26. The Morgan fingerprint density at radius 1 is 1.00 bits per heavy atom. The number of aromatic nitrogens is 1. The molecule has 2 aromatic carbocycles. The van der Waals surface area contributed by atoms with Crippen molar-refractivity contribution < 1.29 is 19.3 Å². The van der Waals surface area contributed by atoms with Crippen molar-refractivity contribution in [1.82, 2.24) is 9.88 Å². The molecule has 0 atom stereocenters. The summed E-state index contributed by atoms with van der Waals surface area (Å²) in [4.78, 5) is 49.9. The quantitative estimate of drug-likeness (QED) is 0.230. The van der Waals surface area contributed by atoms with Crippen LogP contribution in [0.15, 0.2) is 58.6 Å². The first-order chi connectivity index (χ1) is 16.1. The molecule has 4 amide bonds. The topological polar surface area (TPSA) is 115 Å². The van der Waals surface area contributed by atoms with Crippen LogP contribution in [0.5, 0.6) is 0 Å². The van der Waals surface area contributed by atoms with Crippen molar-refractivity contribution in [2.75, 3.05) is 4.90 Å². The number of hydrogen-bond donors (Lipinski definition) is 1. The molecule has 0 aliphatic carbocycles. The monoisotopic (exact) mass is 522 g/mol. The largest absolute Gasteiger partial charge is 0.335 e. The number of barbiturate groups is 1. The van der Waals surface area contributed by atoms with Gasteiger partial charge in [0.15, 0.2) is 0 Å². The Morgan fingerprint density at radius 2 is 1.74 bits per heavy atom. The van der Waals surface area contributed by atoms with Crippen LogP contribution in [0.25, 0.3) is 11.8 Å². The number of imide groups is 2. The number of urea groups is 1. The molecule has 1 aromatic heterocycles. The Balaban J connectivity index is 1.77. The van der Waals surface area contributed by atoms with Gasteiger partial charge in [-0.1, -0.05) is 22.0 Å². The number of nitrogens with one attached hydrogen (secondary N) is 1. The Morgan fingerprint density at radius 3 is 2.41 bits per heavy atom. The van der Waals surface area contributed by atoms with Crippen LogP contribution in [0.2, 0.25) is 0 Å². The van der Waals surface area contributed by atoms with E-state index >= 15 is 0 Å². The minimum Gasteiger partial charge on any atom is -0.318 e. The summed E-state index contributed by atoms with van der Waals surface area (Å²) in [5, 5.41) is 13.4. The van der Waals surface area contributed by atoms with E-state index in [2.05, 4.69) is 21.2 Å². The first-order valence-corrected chi connectivity index (χ1v) is 11.0. The zero-order valence-electron chi connectivity index (χ0n) is 18.5. The number of non-ortho nitro benzene ring substituents is 1. The van der Waals surface area contributed by atoms with E-state index in [1.807, 2.05) is 13.8 Å². The molecule has 4 rings (SSSR count). The summed E-state index contributed by atoms with van der Waals surface area (Å²) < 4.78 is 2.62. The van der Waals surface area contributed by atoms with Crippen molar-refractivity contribution in [2.45, 2.75) is 20.8 Å². The molecule has 1 N–H and O–H groups in total. The Bertz CT molecular complexity index is 1420. The molecule has 2 heterocycles. The van der Waals surface area contributed by atoms with Crippen LogP contribution in [0.1, 0.15) is 22.5 Å². The second-order valence-electron chi connectivity index (χ2n) is 7.83. The summed E-state index contributed by atoms with van der Waals surface area (Å²) in [7, 11) is 0. The Labute approximate surface area is 203 Å². The van der Waals surface area contributed by atoms with Crippen LogP contribution in [0.4, 0.5) is 16.2 Å². The van der Waals surface area contributed by atoms with Gasteiger partial charge in [0.2, 0.25) is 0 Å². The highest BCUT2D eigenvalue weighted by Gasteiger charge is 2.37. The number of halogens is 1. The highest BCUT2D eigenvalue weighted by Crippen LogP contribution is 2.29. The molecule has 1 aliphatic heterocycles. The lowest BCUT2D eigenvalue weighted by Crippen LogP contribution is -2.54. The van der Waals surface area contributed by atoms with Gasteiger partial charge in [0.25, 0.3) is 17.5 Å². The standard InChI is InChI=1S/C24H19BrN4O5/c1-13-9-18(7-8-21(13)25)28-23(31)20(22(30)26-24(28)32)11-16-10-14(2)27(15(16)3)17-5-4-6-19(12-17)29(33)34/h4-12H,1-3H3,(H,26,30,32)/b20-11+. The van der Waals surface area contributed by atoms with Gasteiger partial charge in [-0.25, -0.2) is 9.69 Å². The average Bonchev–Trinajstić information content (AvgIpc) is 3.06. The Kier molecular flexibility index (Phi) is 5.92. The number of nitro groups is 1. The maximum Gasteiger partial charge on any atom is 0.335 e. The summed E-state index contributed by atoms with van der Waals surface area (Å²) in [5.74, 6) is -1.53. The third-order valence-corrected chi connectivity index (χ3v) is 6.46. The number of carbonyl (C=O) groups is 3. The molecule has 0 spiro atoms. The molecule has 34 heavy (non-hydrogen) atoms. The SMILES string of the molecule is Cc1cc(N2C(=O)NC(=O)/C(=C\c3cc(C)n(-c4cccc([N+](=O)[O-])c4)c3C)C2=O)ccc1Br. The lowest BCUT2D eigenvalue weighted by molar-refractivity contribution is -0.384. The molecule has 172 valence electrons. The van der Waals surface area contributed by atoms with Gasteiger partial charge in [-0.2, -0.15) is 0 Å². The van der Waals surface area contributed by atoms with Crippen molar-refractivity contribution in [1.29, 1.82) is 0 Å². The third-order valence-electron chi connectivity index (χ3n) is 5.57. The molecule has 1 aliphatic rings. The maximum atomic E-state index is 13.2. The fraction of sp³-hybridized carbons (Fsp3) is 0.125. The number of carbonyl (C=O) groups excluding carboxylic acids is 3.